The molecular formula is C9H17N. The molecule has 0 saturated heterocycles. The molecule has 0 aliphatic heterocycles. The molecule has 2 unspecified atom stereocenters. The van der Waals surface area contributed by atoms with E-state index in [0.29, 0.717) is 6.04 Å². The highest BCUT2D eigenvalue weighted by Gasteiger charge is 2.33. The lowest BCUT2D eigenvalue weighted by atomic mass is 9.83. The van der Waals surface area contributed by atoms with Crippen molar-refractivity contribution < 1.29 is 0 Å². The monoisotopic (exact) mass is 139 g/mol. The van der Waals surface area contributed by atoms with Crippen molar-refractivity contribution in [3.8, 4) is 0 Å². The maximum Gasteiger partial charge on any atom is 0.00415 e. The summed E-state index contributed by atoms with van der Waals surface area (Å²) in [6.45, 7) is 0. The second kappa shape index (κ2) is 2.54. The molecule has 0 bridgehead atoms. The summed E-state index contributed by atoms with van der Waals surface area (Å²) in [4.78, 5) is 0. The Morgan fingerprint density at radius 2 is 1.70 bits per heavy atom. The van der Waals surface area contributed by atoms with Gasteiger partial charge in [0.05, 0.1) is 0 Å². The van der Waals surface area contributed by atoms with Gasteiger partial charge in [-0.1, -0.05) is 12.8 Å². The van der Waals surface area contributed by atoms with Gasteiger partial charge in [-0.05, 0) is 37.5 Å². The Bertz CT molecular complexity index is 118. The number of rotatable bonds is 1. The summed E-state index contributed by atoms with van der Waals surface area (Å²) >= 11 is 0. The van der Waals surface area contributed by atoms with E-state index in [4.69, 9.17) is 5.73 Å². The van der Waals surface area contributed by atoms with Gasteiger partial charge < -0.3 is 5.73 Å². The smallest absolute Gasteiger partial charge is 0.00415 e. The lowest BCUT2D eigenvalue weighted by Crippen LogP contribution is -2.28. The quantitative estimate of drug-likeness (QED) is 0.590. The summed E-state index contributed by atoms with van der Waals surface area (Å²) in [7, 11) is 0. The lowest BCUT2D eigenvalue weighted by molar-refractivity contribution is 0.292. The van der Waals surface area contributed by atoms with Gasteiger partial charge in [-0.3, -0.25) is 0 Å². The first kappa shape index (κ1) is 6.66. The summed E-state index contributed by atoms with van der Waals surface area (Å²) < 4.78 is 0. The summed E-state index contributed by atoms with van der Waals surface area (Å²) in [5.74, 6) is 2.11. The Labute approximate surface area is 63.0 Å². The molecule has 2 rings (SSSR count). The van der Waals surface area contributed by atoms with Crippen LogP contribution in [0.15, 0.2) is 0 Å². The fourth-order valence-corrected chi connectivity index (χ4v) is 2.26. The minimum Gasteiger partial charge on any atom is -0.328 e. The van der Waals surface area contributed by atoms with Crippen LogP contribution >= 0.6 is 0 Å². The first-order valence-electron chi connectivity index (χ1n) is 4.62. The Kier molecular flexibility index (Phi) is 1.69. The van der Waals surface area contributed by atoms with E-state index in [9.17, 15) is 0 Å². The maximum atomic E-state index is 5.89. The van der Waals surface area contributed by atoms with Crippen molar-refractivity contribution in [2.24, 2.45) is 17.6 Å². The van der Waals surface area contributed by atoms with Crippen molar-refractivity contribution in [3.05, 3.63) is 0 Å². The van der Waals surface area contributed by atoms with Crippen LogP contribution in [0.25, 0.3) is 0 Å². The Morgan fingerprint density at radius 1 is 0.900 bits per heavy atom. The minimum atomic E-state index is 0.541. The summed E-state index contributed by atoms with van der Waals surface area (Å²) in [6, 6.07) is 0.541. The Hall–Kier alpha value is -0.0400. The van der Waals surface area contributed by atoms with Crippen molar-refractivity contribution in [2.45, 2.75) is 44.6 Å². The van der Waals surface area contributed by atoms with Gasteiger partial charge in [0, 0.05) is 6.04 Å². The molecule has 0 heterocycles. The first-order valence-corrected chi connectivity index (χ1v) is 4.62. The van der Waals surface area contributed by atoms with Crippen LogP contribution in [0.4, 0.5) is 0 Å². The number of nitrogens with two attached hydrogens (primary N) is 1. The molecule has 2 N–H and O–H groups in total. The van der Waals surface area contributed by atoms with Crippen molar-refractivity contribution in [3.63, 3.8) is 0 Å². The van der Waals surface area contributed by atoms with Gasteiger partial charge in [-0.15, -0.1) is 0 Å². The van der Waals surface area contributed by atoms with E-state index in [1.165, 1.54) is 38.5 Å². The van der Waals surface area contributed by atoms with E-state index >= 15 is 0 Å². The molecule has 58 valence electrons. The van der Waals surface area contributed by atoms with E-state index in [2.05, 4.69) is 0 Å². The molecule has 1 heteroatoms. The lowest BCUT2D eigenvalue weighted by Gasteiger charge is -2.26. The second-order valence-corrected chi connectivity index (χ2v) is 4.02. The Morgan fingerprint density at radius 3 is 2.30 bits per heavy atom. The molecule has 1 nitrogen and oxygen atoms in total. The molecule has 0 amide bonds. The fourth-order valence-electron chi connectivity index (χ4n) is 2.26. The number of hydrogen-bond donors (Lipinski definition) is 1. The van der Waals surface area contributed by atoms with Crippen LogP contribution < -0.4 is 5.73 Å². The first-order chi connectivity index (χ1) is 4.86. The molecule has 2 atom stereocenters. The topological polar surface area (TPSA) is 26.0 Å². The normalized spacial score (nSPS) is 41.7. The zero-order chi connectivity index (χ0) is 6.97. The van der Waals surface area contributed by atoms with Crippen LogP contribution in [0.5, 0.6) is 0 Å². The van der Waals surface area contributed by atoms with Gasteiger partial charge in [-0.2, -0.15) is 0 Å². The van der Waals surface area contributed by atoms with Gasteiger partial charge in [-0.25, -0.2) is 0 Å². The highest BCUT2D eigenvalue weighted by atomic mass is 14.6. The SMILES string of the molecule is NC1CCCC(C2CC2)C1. The average Bonchev–Trinajstić information content (AvgIpc) is 2.68. The Balaban J connectivity index is 1.84. The van der Waals surface area contributed by atoms with E-state index < -0.39 is 0 Å². The van der Waals surface area contributed by atoms with Gasteiger partial charge in [0.25, 0.3) is 0 Å². The van der Waals surface area contributed by atoms with Gasteiger partial charge in [0.2, 0.25) is 0 Å². The summed E-state index contributed by atoms with van der Waals surface area (Å²) in [6.07, 6.45) is 8.46. The van der Waals surface area contributed by atoms with Crippen molar-refractivity contribution in [1.29, 1.82) is 0 Å². The van der Waals surface area contributed by atoms with E-state index in [1.54, 1.807) is 0 Å². The third kappa shape index (κ3) is 1.34. The molecule has 0 aromatic rings. The van der Waals surface area contributed by atoms with E-state index in [1.807, 2.05) is 0 Å². The molecule has 2 fully saturated rings. The van der Waals surface area contributed by atoms with Crippen molar-refractivity contribution >= 4 is 0 Å². The minimum absolute atomic E-state index is 0.541. The largest absolute Gasteiger partial charge is 0.328 e. The van der Waals surface area contributed by atoms with Crippen LogP contribution in [0.3, 0.4) is 0 Å². The summed E-state index contributed by atoms with van der Waals surface area (Å²) in [5, 5.41) is 0. The van der Waals surface area contributed by atoms with Crippen molar-refractivity contribution in [2.75, 3.05) is 0 Å². The molecule has 2 aliphatic rings. The molecule has 10 heavy (non-hydrogen) atoms. The molecule has 2 aliphatic carbocycles. The molecule has 2 saturated carbocycles. The van der Waals surface area contributed by atoms with Crippen LogP contribution in [-0.2, 0) is 0 Å². The van der Waals surface area contributed by atoms with Crippen LogP contribution in [0.2, 0.25) is 0 Å². The van der Waals surface area contributed by atoms with Crippen molar-refractivity contribution in [1.82, 2.24) is 0 Å². The second-order valence-electron chi connectivity index (χ2n) is 4.02. The molecule has 0 radical (unpaired) electrons. The van der Waals surface area contributed by atoms with Gasteiger partial charge in [0.15, 0.2) is 0 Å². The predicted molar refractivity (Wildman–Crippen MR) is 42.7 cm³/mol. The maximum absolute atomic E-state index is 5.89. The zero-order valence-electron chi connectivity index (χ0n) is 6.55. The van der Waals surface area contributed by atoms with E-state index in [0.717, 1.165) is 11.8 Å². The zero-order valence-corrected chi connectivity index (χ0v) is 6.55. The standard InChI is InChI=1S/C9H17N/c10-9-3-1-2-8(6-9)7-4-5-7/h7-9H,1-6,10H2. The third-order valence-corrected chi connectivity index (χ3v) is 3.04. The van der Waals surface area contributed by atoms with Gasteiger partial charge >= 0.3 is 0 Å². The van der Waals surface area contributed by atoms with Gasteiger partial charge in [0.1, 0.15) is 0 Å². The van der Waals surface area contributed by atoms with Crippen LogP contribution in [-0.4, -0.2) is 6.04 Å². The number of hydrogen-bond acceptors (Lipinski definition) is 1. The molecular weight excluding hydrogens is 122 g/mol. The fraction of sp³-hybridized carbons (Fsp3) is 1.00. The average molecular weight is 139 g/mol. The third-order valence-electron chi connectivity index (χ3n) is 3.04. The molecule has 0 spiro atoms. The van der Waals surface area contributed by atoms with E-state index in [-0.39, 0.29) is 0 Å². The highest BCUT2D eigenvalue weighted by Crippen LogP contribution is 2.43. The summed E-state index contributed by atoms with van der Waals surface area (Å²) in [5.41, 5.74) is 5.89. The highest BCUT2D eigenvalue weighted by molar-refractivity contribution is 4.86. The molecule has 0 aromatic heterocycles. The van der Waals surface area contributed by atoms with Crippen LogP contribution in [0.1, 0.15) is 38.5 Å². The van der Waals surface area contributed by atoms with Crippen LogP contribution in [0, 0.1) is 11.8 Å². The predicted octanol–water partition coefficient (Wildman–Crippen LogP) is 1.91. The molecule has 0 aromatic carbocycles.